The van der Waals surface area contributed by atoms with Crippen LogP contribution >= 0.6 is 0 Å². The van der Waals surface area contributed by atoms with Gasteiger partial charge in [-0.15, -0.1) is 0 Å². The van der Waals surface area contributed by atoms with Crippen molar-refractivity contribution in [1.29, 1.82) is 0 Å². The molecule has 0 spiro atoms. The highest BCUT2D eigenvalue weighted by Crippen LogP contribution is 2.12. The summed E-state index contributed by atoms with van der Waals surface area (Å²) in [4.78, 5) is 11.9. The number of rotatable bonds is 6. The molecule has 0 aliphatic rings. The fourth-order valence-corrected chi connectivity index (χ4v) is 1.70. The van der Waals surface area contributed by atoms with Crippen LogP contribution in [0.25, 0.3) is 0 Å². The lowest BCUT2D eigenvalue weighted by Crippen LogP contribution is -2.55. The first-order valence-corrected chi connectivity index (χ1v) is 5.95. The normalized spacial score (nSPS) is 14.1. The van der Waals surface area contributed by atoms with E-state index in [1.807, 2.05) is 20.8 Å². The van der Waals surface area contributed by atoms with Crippen LogP contribution in [0.5, 0.6) is 0 Å². The summed E-state index contributed by atoms with van der Waals surface area (Å²) in [6, 6.07) is 0.207. The maximum absolute atomic E-state index is 11.9. The van der Waals surface area contributed by atoms with Crippen LogP contribution in [0.4, 0.5) is 0 Å². The summed E-state index contributed by atoms with van der Waals surface area (Å²) in [5, 5.41) is 2.99. The first-order chi connectivity index (χ1) is 6.85. The van der Waals surface area contributed by atoms with Crippen molar-refractivity contribution in [2.24, 2.45) is 11.7 Å². The van der Waals surface area contributed by atoms with Gasteiger partial charge in [-0.25, -0.2) is 0 Å². The van der Waals surface area contributed by atoms with Gasteiger partial charge in [-0.2, -0.15) is 0 Å². The fourth-order valence-electron chi connectivity index (χ4n) is 1.70. The molecule has 0 saturated heterocycles. The van der Waals surface area contributed by atoms with E-state index in [0.717, 1.165) is 6.42 Å². The smallest absolute Gasteiger partial charge is 0.240 e. The minimum absolute atomic E-state index is 0.0133. The molecule has 0 bridgehead atoms. The zero-order chi connectivity index (χ0) is 12.1. The van der Waals surface area contributed by atoms with Crippen LogP contribution in [0, 0.1) is 5.92 Å². The molecule has 0 aromatic heterocycles. The van der Waals surface area contributed by atoms with Gasteiger partial charge in [0.25, 0.3) is 0 Å². The minimum Gasteiger partial charge on any atom is -0.352 e. The fraction of sp³-hybridized carbons (Fsp3) is 0.917. The molecular formula is C12H26N2O. The van der Waals surface area contributed by atoms with Crippen LogP contribution in [-0.2, 0) is 4.79 Å². The van der Waals surface area contributed by atoms with Crippen LogP contribution in [0.15, 0.2) is 0 Å². The van der Waals surface area contributed by atoms with Gasteiger partial charge in [0.05, 0.1) is 5.54 Å². The van der Waals surface area contributed by atoms with E-state index in [2.05, 4.69) is 19.2 Å². The van der Waals surface area contributed by atoms with Gasteiger partial charge in [0.2, 0.25) is 5.91 Å². The highest BCUT2D eigenvalue weighted by Gasteiger charge is 2.30. The molecule has 0 aliphatic carbocycles. The molecule has 3 N–H and O–H groups in total. The Morgan fingerprint density at radius 1 is 1.27 bits per heavy atom. The minimum atomic E-state index is -0.689. The molecule has 1 atom stereocenters. The predicted octanol–water partition coefficient (Wildman–Crippen LogP) is 2.05. The molecule has 15 heavy (non-hydrogen) atoms. The third kappa shape index (κ3) is 4.65. The van der Waals surface area contributed by atoms with E-state index in [9.17, 15) is 4.79 Å². The lowest BCUT2D eigenvalue weighted by Gasteiger charge is -2.27. The topological polar surface area (TPSA) is 55.1 Å². The Kier molecular flexibility index (Phi) is 5.88. The summed E-state index contributed by atoms with van der Waals surface area (Å²) in [7, 11) is 0. The van der Waals surface area contributed by atoms with Crippen molar-refractivity contribution >= 4 is 5.91 Å². The van der Waals surface area contributed by atoms with Crippen LogP contribution in [0.2, 0.25) is 0 Å². The van der Waals surface area contributed by atoms with Crippen LogP contribution in [0.1, 0.15) is 53.9 Å². The molecule has 0 aliphatic heterocycles. The second-order valence-corrected chi connectivity index (χ2v) is 4.87. The zero-order valence-corrected chi connectivity index (χ0v) is 10.8. The number of carbonyl (C=O) groups excluding carboxylic acids is 1. The first kappa shape index (κ1) is 14.4. The molecule has 3 nitrogen and oxygen atoms in total. The molecule has 0 rings (SSSR count). The molecule has 1 amide bonds. The molecule has 0 fully saturated rings. The third-order valence-electron chi connectivity index (χ3n) is 2.92. The molecule has 0 radical (unpaired) electrons. The number of carbonyl (C=O) groups is 1. The summed E-state index contributed by atoms with van der Waals surface area (Å²) in [5.41, 5.74) is 5.32. The van der Waals surface area contributed by atoms with Crippen molar-refractivity contribution in [2.45, 2.75) is 65.5 Å². The van der Waals surface area contributed by atoms with Crippen molar-refractivity contribution in [2.75, 3.05) is 0 Å². The van der Waals surface area contributed by atoms with E-state index >= 15 is 0 Å². The lowest BCUT2D eigenvalue weighted by atomic mass is 9.92. The van der Waals surface area contributed by atoms with E-state index in [1.165, 1.54) is 0 Å². The number of hydrogen-bond acceptors (Lipinski definition) is 2. The SMILES string of the molecule is CCC(N)(CC)C(=O)NC(C)CC(C)C. The van der Waals surface area contributed by atoms with Crippen molar-refractivity contribution in [1.82, 2.24) is 5.32 Å². The third-order valence-corrected chi connectivity index (χ3v) is 2.92. The molecule has 3 heteroatoms. The average Bonchev–Trinajstić information content (AvgIpc) is 2.15. The zero-order valence-electron chi connectivity index (χ0n) is 10.8. The van der Waals surface area contributed by atoms with Gasteiger partial charge in [-0.1, -0.05) is 27.7 Å². The maximum atomic E-state index is 11.9. The van der Waals surface area contributed by atoms with E-state index in [-0.39, 0.29) is 11.9 Å². The van der Waals surface area contributed by atoms with Crippen LogP contribution < -0.4 is 11.1 Å². The van der Waals surface area contributed by atoms with Gasteiger partial charge < -0.3 is 11.1 Å². The number of nitrogens with one attached hydrogen (secondary N) is 1. The largest absolute Gasteiger partial charge is 0.352 e. The van der Waals surface area contributed by atoms with Gasteiger partial charge in [0.15, 0.2) is 0 Å². The van der Waals surface area contributed by atoms with Crippen molar-refractivity contribution in [3.8, 4) is 0 Å². The van der Waals surface area contributed by atoms with Gasteiger partial charge in [-0.3, -0.25) is 4.79 Å². The number of nitrogens with two attached hydrogens (primary N) is 1. The Labute approximate surface area is 93.8 Å². The number of hydrogen-bond donors (Lipinski definition) is 2. The van der Waals surface area contributed by atoms with Gasteiger partial charge in [0, 0.05) is 6.04 Å². The van der Waals surface area contributed by atoms with Crippen LogP contribution in [0.3, 0.4) is 0 Å². The van der Waals surface area contributed by atoms with E-state index in [4.69, 9.17) is 5.73 Å². The van der Waals surface area contributed by atoms with Gasteiger partial charge in [-0.05, 0) is 32.1 Å². The Hall–Kier alpha value is -0.570. The van der Waals surface area contributed by atoms with Crippen molar-refractivity contribution in [3.63, 3.8) is 0 Å². The number of amides is 1. The van der Waals surface area contributed by atoms with Gasteiger partial charge in [0.1, 0.15) is 0 Å². The maximum Gasteiger partial charge on any atom is 0.240 e. The molecule has 0 saturated carbocycles. The van der Waals surface area contributed by atoms with Gasteiger partial charge >= 0.3 is 0 Å². The Bertz CT molecular complexity index is 198. The monoisotopic (exact) mass is 214 g/mol. The second kappa shape index (κ2) is 6.11. The van der Waals surface area contributed by atoms with E-state index in [1.54, 1.807) is 0 Å². The molecule has 0 aromatic carbocycles. The molecule has 1 unspecified atom stereocenters. The summed E-state index contributed by atoms with van der Waals surface area (Å²) in [6.45, 7) is 10.2. The Morgan fingerprint density at radius 2 is 1.73 bits per heavy atom. The average molecular weight is 214 g/mol. The summed E-state index contributed by atoms with van der Waals surface area (Å²) in [6.07, 6.45) is 2.36. The quantitative estimate of drug-likeness (QED) is 0.711. The highest BCUT2D eigenvalue weighted by molar-refractivity contribution is 5.86. The molecule has 0 aromatic rings. The summed E-state index contributed by atoms with van der Waals surface area (Å²) < 4.78 is 0. The summed E-state index contributed by atoms with van der Waals surface area (Å²) >= 11 is 0. The highest BCUT2D eigenvalue weighted by atomic mass is 16.2. The Balaban J connectivity index is 4.23. The summed E-state index contributed by atoms with van der Waals surface area (Å²) in [5.74, 6) is 0.580. The molecule has 0 heterocycles. The second-order valence-electron chi connectivity index (χ2n) is 4.87. The lowest BCUT2D eigenvalue weighted by molar-refractivity contribution is -0.127. The molecular weight excluding hydrogens is 188 g/mol. The van der Waals surface area contributed by atoms with Crippen molar-refractivity contribution < 1.29 is 4.79 Å². The van der Waals surface area contributed by atoms with E-state index < -0.39 is 5.54 Å². The van der Waals surface area contributed by atoms with Crippen molar-refractivity contribution in [3.05, 3.63) is 0 Å². The predicted molar refractivity (Wildman–Crippen MR) is 64.6 cm³/mol. The first-order valence-electron chi connectivity index (χ1n) is 5.95. The standard InChI is InChI=1S/C12H26N2O/c1-6-12(13,7-2)11(15)14-10(5)8-9(3)4/h9-10H,6-8,13H2,1-5H3,(H,14,15). The van der Waals surface area contributed by atoms with Crippen LogP contribution in [-0.4, -0.2) is 17.5 Å². The van der Waals surface area contributed by atoms with E-state index in [0.29, 0.717) is 18.8 Å². The molecule has 90 valence electrons. The Morgan fingerprint density at radius 3 is 2.07 bits per heavy atom.